The first kappa shape index (κ1) is 12.0. The van der Waals surface area contributed by atoms with Gasteiger partial charge in [0, 0.05) is 18.6 Å². The molecule has 6 heteroatoms. The van der Waals surface area contributed by atoms with Crippen LogP contribution in [0.3, 0.4) is 0 Å². The summed E-state index contributed by atoms with van der Waals surface area (Å²) in [4.78, 5) is 8.31. The molecule has 0 radical (unpaired) electrons. The second kappa shape index (κ2) is 5.25. The summed E-state index contributed by atoms with van der Waals surface area (Å²) < 4.78 is 12.1. The van der Waals surface area contributed by atoms with E-state index in [-0.39, 0.29) is 0 Å². The first-order chi connectivity index (χ1) is 8.18. The average Bonchev–Trinajstić information content (AvgIpc) is 2.32. The van der Waals surface area contributed by atoms with Gasteiger partial charge in [-0.3, -0.25) is 14.2 Å². The van der Waals surface area contributed by atoms with Crippen LogP contribution in [0.25, 0.3) is 0 Å². The molecule has 0 aromatic carbocycles. The zero-order valence-electron chi connectivity index (χ0n) is 8.84. The molecule has 1 atom stereocenters. The van der Waals surface area contributed by atoms with E-state index in [4.69, 9.17) is 17.3 Å². The molecule has 17 heavy (non-hydrogen) atoms. The molecule has 2 heterocycles. The van der Waals surface area contributed by atoms with Gasteiger partial charge in [-0.25, -0.2) is 0 Å². The Bertz CT molecular complexity index is 562. The Morgan fingerprint density at radius 2 is 1.94 bits per heavy atom. The lowest BCUT2D eigenvalue weighted by Crippen LogP contribution is -2.01. The number of hydrogen-bond acceptors (Lipinski definition) is 4. The number of hydrogen-bond donors (Lipinski definition) is 1. The van der Waals surface area contributed by atoms with Crippen molar-refractivity contribution in [2.45, 2.75) is 10.6 Å². The summed E-state index contributed by atoms with van der Waals surface area (Å²) in [7, 11) is -1.23. The Labute approximate surface area is 106 Å². The maximum Gasteiger partial charge on any atom is 0.0664 e. The lowest BCUT2D eigenvalue weighted by molar-refractivity contribution is 0.683. The lowest BCUT2D eigenvalue weighted by atomic mass is 10.3. The van der Waals surface area contributed by atoms with Crippen molar-refractivity contribution < 1.29 is 4.21 Å². The van der Waals surface area contributed by atoms with Crippen LogP contribution in [0.1, 0.15) is 5.56 Å². The number of anilines is 1. The molecule has 0 saturated heterocycles. The van der Waals surface area contributed by atoms with Gasteiger partial charge >= 0.3 is 0 Å². The summed E-state index contributed by atoms with van der Waals surface area (Å²) >= 11 is 5.96. The van der Waals surface area contributed by atoms with Gasteiger partial charge in [0.25, 0.3) is 0 Å². The van der Waals surface area contributed by atoms with E-state index in [2.05, 4.69) is 9.97 Å². The van der Waals surface area contributed by atoms with Crippen LogP contribution in [0.5, 0.6) is 0 Å². The van der Waals surface area contributed by atoms with E-state index >= 15 is 0 Å². The largest absolute Gasteiger partial charge is 0.396 e. The lowest BCUT2D eigenvalue weighted by Gasteiger charge is -2.06. The van der Waals surface area contributed by atoms with Gasteiger partial charge in [-0.1, -0.05) is 11.6 Å². The molecule has 2 N–H and O–H groups in total. The minimum absolute atomic E-state index is 0.315. The number of nitrogens with zero attached hydrogens (tertiary/aromatic N) is 2. The molecule has 2 aromatic heterocycles. The van der Waals surface area contributed by atoms with Crippen molar-refractivity contribution in [2.24, 2.45) is 0 Å². The van der Waals surface area contributed by atoms with Crippen LogP contribution >= 0.6 is 11.6 Å². The molecule has 1 unspecified atom stereocenters. The van der Waals surface area contributed by atoms with Crippen molar-refractivity contribution >= 4 is 28.1 Å². The van der Waals surface area contributed by atoms with Gasteiger partial charge in [0.2, 0.25) is 0 Å². The number of pyridine rings is 2. The Kier molecular flexibility index (Phi) is 3.71. The molecule has 0 aliphatic heterocycles. The second-order valence-electron chi connectivity index (χ2n) is 3.37. The van der Waals surface area contributed by atoms with E-state index < -0.39 is 10.8 Å². The Balaban J connectivity index is 2.24. The predicted molar refractivity (Wildman–Crippen MR) is 68.0 cm³/mol. The smallest absolute Gasteiger partial charge is 0.0664 e. The maximum atomic E-state index is 12.1. The predicted octanol–water partition coefficient (Wildman–Crippen LogP) is 2.02. The first-order valence-corrected chi connectivity index (χ1v) is 6.54. The molecule has 0 bridgehead atoms. The van der Waals surface area contributed by atoms with Gasteiger partial charge in [0.05, 0.1) is 38.4 Å². The van der Waals surface area contributed by atoms with Crippen molar-refractivity contribution in [1.29, 1.82) is 0 Å². The van der Waals surface area contributed by atoms with Crippen molar-refractivity contribution in [3.05, 3.63) is 47.5 Å². The van der Waals surface area contributed by atoms with Crippen LogP contribution in [0.2, 0.25) is 5.02 Å². The van der Waals surface area contributed by atoms with Crippen LogP contribution in [-0.4, -0.2) is 14.2 Å². The summed E-state index contributed by atoms with van der Waals surface area (Å²) in [6, 6.07) is 3.40. The van der Waals surface area contributed by atoms with Gasteiger partial charge in [-0.2, -0.15) is 0 Å². The zero-order valence-corrected chi connectivity index (χ0v) is 10.4. The number of aromatic nitrogens is 2. The molecule has 0 amide bonds. The Hall–Kier alpha value is -1.46. The van der Waals surface area contributed by atoms with Crippen LogP contribution in [0, 0.1) is 0 Å². The average molecular weight is 268 g/mol. The third-order valence-corrected chi connectivity index (χ3v) is 3.97. The molecular weight excluding hydrogens is 258 g/mol. The molecule has 0 fully saturated rings. The normalized spacial score (nSPS) is 12.3. The fourth-order valence-electron chi connectivity index (χ4n) is 1.34. The highest BCUT2D eigenvalue weighted by Crippen LogP contribution is 2.21. The molecule has 0 aliphatic carbocycles. The van der Waals surface area contributed by atoms with Gasteiger partial charge in [-0.15, -0.1) is 0 Å². The van der Waals surface area contributed by atoms with Gasteiger partial charge < -0.3 is 5.73 Å². The Morgan fingerprint density at radius 3 is 2.65 bits per heavy atom. The van der Waals surface area contributed by atoms with Gasteiger partial charge in [0.15, 0.2) is 0 Å². The molecular formula is C11H10ClN3OS. The monoisotopic (exact) mass is 267 g/mol. The number of nitrogen functional groups attached to an aromatic ring is 1. The van der Waals surface area contributed by atoms with Crippen LogP contribution in [-0.2, 0) is 16.6 Å². The molecule has 0 spiro atoms. The summed E-state index contributed by atoms with van der Waals surface area (Å²) in [6.07, 6.45) is 6.21. The van der Waals surface area contributed by atoms with Crippen molar-refractivity contribution in [3.8, 4) is 0 Å². The van der Waals surface area contributed by atoms with Gasteiger partial charge in [0.1, 0.15) is 0 Å². The first-order valence-electron chi connectivity index (χ1n) is 4.84. The standard InChI is InChI=1S/C11H10ClN3OS/c12-9-5-14-3-1-8(9)7-17(16)11-2-4-15-6-10(11)13/h1-6H,7,13H2. The summed E-state index contributed by atoms with van der Waals surface area (Å²) in [6.45, 7) is 0. The van der Waals surface area contributed by atoms with Gasteiger partial charge in [-0.05, 0) is 17.7 Å². The third-order valence-electron chi connectivity index (χ3n) is 2.20. The van der Waals surface area contributed by atoms with Crippen molar-refractivity contribution in [3.63, 3.8) is 0 Å². The highest BCUT2D eigenvalue weighted by Gasteiger charge is 2.10. The number of nitrogens with two attached hydrogens (primary N) is 1. The fourth-order valence-corrected chi connectivity index (χ4v) is 2.82. The Morgan fingerprint density at radius 1 is 1.24 bits per heavy atom. The zero-order chi connectivity index (χ0) is 12.3. The summed E-state index contributed by atoms with van der Waals surface area (Å²) in [5.41, 5.74) is 6.93. The van der Waals surface area contributed by atoms with E-state index in [1.165, 1.54) is 12.4 Å². The molecule has 0 saturated carbocycles. The molecule has 2 rings (SSSR count). The quantitative estimate of drug-likeness (QED) is 0.924. The highest BCUT2D eigenvalue weighted by molar-refractivity contribution is 7.84. The highest BCUT2D eigenvalue weighted by atomic mass is 35.5. The van der Waals surface area contributed by atoms with Crippen molar-refractivity contribution in [1.82, 2.24) is 9.97 Å². The minimum Gasteiger partial charge on any atom is -0.396 e. The number of halogens is 1. The summed E-state index contributed by atoms with van der Waals surface area (Å²) in [5.74, 6) is 0.315. The third kappa shape index (κ3) is 2.81. The minimum atomic E-state index is -1.23. The van der Waals surface area contributed by atoms with Crippen LogP contribution in [0.4, 0.5) is 5.69 Å². The molecule has 88 valence electrons. The molecule has 0 aliphatic rings. The second-order valence-corrected chi connectivity index (χ2v) is 5.20. The fraction of sp³-hybridized carbons (Fsp3) is 0.0909. The van der Waals surface area contributed by atoms with E-state index in [1.54, 1.807) is 24.5 Å². The van der Waals surface area contributed by atoms with E-state index in [9.17, 15) is 4.21 Å². The molecule has 4 nitrogen and oxygen atoms in total. The van der Waals surface area contributed by atoms with Crippen LogP contribution in [0.15, 0.2) is 41.8 Å². The SMILES string of the molecule is Nc1cnccc1S(=O)Cc1ccncc1Cl. The number of rotatable bonds is 3. The van der Waals surface area contributed by atoms with Crippen LogP contribution < -0.4 is 5.73 Å². The van der Waals surface area contributed by atoms with E-state index in [0.29, 0.717) is 21.4 Å². The van der Waals surface area contributed by atoms with Crippen molar-refractivity contribution in [2.75, 3.05) is 5.73 Å². The topological polar surface area (TPSA) is 68.9 Å². The van der Waals surface area contributed by atoms with E-state index in [1.807, 2.05) is 0 Å². The summed E-state index contributed by atoms with van der Waals surface area (Å²) in [5, 5.41) is 0.508. The molecule has 2 aromatic rings. The maximum absolute atomic E-state index is 12.1. The van der Waals surface area contributed by atoms with E-state index in [0.717, 1.165) is 5.56 Å².